The van der Waals surface area contributed by atoms with Gasteiger partial charge in [0.25, 0.3) is 5.56 Å². The number of rotatable bonds is 5. The minimum Gasteiger partial charge on any atom is -0.444 e. The smallest absolute Gasteiger partial charge is 0.431 e. The van der Waals surface area contributed by atoms with E-state index in [0.717, 1.165) is 12.1 Å². The second-order valence-electron chi connectivity index (χ2n) is 8.91. The standard InChI is InChI=1S/C22H26F3N5O5S/c1-7-30-15(22(23,24)25)10-13-17(19(30)31)29(6)18(28-13)16-14(36(33,34)8-2)9-12(11-26-16)27-20(32)35-21(3,4)5/h9-11H,7-8H2,1-6H3,(H,27,32). The van der Waals surface area contributed by atoms with Crippen molar-refractivity contribution in [2.75, 3.05) is 11.1 Å². The Balaban J connectivity index is 2.25. The number of amides is 1. The molecule has 0 radical (unpaired) electrons. The van der Waals surface area contributed by atoms with E-state index in [-0.39, 0.29) is 45.4 Å². The van der Waals surface area contributed by atoms with E-state index in [1.807, 2.05) is 0 Å². The molecule has 0 fully saturated rings. The monoisotopic (exact) mass is 529 g/mol. The first kappa shape index (κ1) is 27.2. The number of halogens is 3. The van der Waals surface area contributed by atoms with Crippen LogP contribution in [0.3, 0.4) is 0 Å². The largest absolute Gasteiger partial charge is 0.444 e. The van der Waals surface area contributed by atoms with Crippen molar-refractivity contribution in [1.29, 1.82) is 0 Å². The zero-order valence-corrected chi connectivity index (χ0v) is 21.3. The van der Waals surface area contributed by atoms with E-state index in [1.54, 1.807) is 20.8 Å². The molecule has 36 heavy (non-hydrogen) atoms. The van der Waals surface area contributed by atoms with Gasteiger partial charge in [0.05, 0.1) is 28.0 Å². The average Bonchev–Trinajstić information content (AvgIpc) is 3.08. The number of nitrogens with zero attached hydrogens (tertiary/aromatic N) is 4. The first-order chi connectivity index (χ1) is 16.5. The van der Waals surface area contributed by atoms with Crippen molar-refractivity contribution in [3.63, 3.8) is 0 Å². The normalized spacial score (nSPS) is 12.7. The number of nitrogens with one attached hydrogen (secondary N) is 1. The van der Waals surface area contributed by atoms with Crippen LogP contribution in [-0.4, -0.2) is 45.0 Å². The number of alkyl halides is 3. The van der Waals surface area contributed by atoms with Gasteiger partial charge in [0, 0.05) is 13.6 Å². The lowest BCUT2D eigenvalue weighted by atomic mass is 10.2. The predicted molar refractivity (Wildman–Crippen MR) is 126 cm³/mol. The quantitative estimate of drug-likeness (QED) is 0.530. The molecule has 3 aromatic rings. The lowest BCUT2D eigenvalue weighted by Crippen LogP contribution is -2.28. The van der Waals surface area contributed by atoms with Crippen LogP contribution in [0.2, 0.25) is 0 Å². The summed E-state index contributed by atoms with van der Waals surface area (Å²) >= 11 is 0. The molecule has 3 heterocycles. The second kappa shape index (κ2) is 9.22. The number of fused-ring (bicyclic) bond motifs is 1. The predicted octanol–water partition coefficient (Wildman–Crippen LogP) is 3.98. The number of carbonyl (C=O) groups excluding carboxylic acids is 1. The van der Waals surface area contributed by atoms with Crippen LogP contribution in [0.5, 0.6) is 0 Å². The van der Waals surface area contributed by atoms with Gasteiger partial charge in [-0.3, -0.25) is 10.1 Å². The number of ether oxygens (including phenoxy) is 1. The maximum Gasteiger partial charge on any atom is 0.431 e. The fourth-order valence-corrected chi connectivity index (χ4v) is 4.63. The molecule has 0 aliphatic heterocycles. The Kier molecular flexibility index (Phi) is 6.96. The van der Waals surface area contributed by atoms with Crippen LogP contribution in [0.25, 0.3) is 22.6 Å². The van der Waals surface area contributed by atoms with Gasteiger partial charge in [-0.25, -0.2) is 23.2 Å². The third-order valence-corrected chi connectivity index (χ3v) is 6.91. The molecule has 0 aliphatic carbocycles. The molecule has 0 unspecified atom stereocenters. The summed E-state index contributed by atoms with van der Waals surface area (Å²) in [7, 11) is -2.57. The van der Waals surface area contributed by atoms with Crippen molar-refractivity contribution >= 4 is 32.7 Å². The molecule has 10 nitrogen and oxygen atoms in total. The summed E-state index contributed by atoms with van der Waals surface area (Å²) in [6, 6.07) is 1.91. The Labute approximate surface area is 205 Å². The summed E-state index contributed by atoms with van der Waals surface area (Å²) in [5.74, 6) is -0.456. The summed E-state index contributed by atoms with van der Waals surface area (Å²) in [4.78, 5) is 33.0. The first-order valence-electron chi connectivity index (χ1n) is 10.9. The van der Waals surface area contributed by atoms with Crippen LogP contribution < -0.4 is 10.9 Å². The topological polar surface area (TPSA) is 125 Å². The number of carbonyl (C=O) groups is 1. The zero-order chi connectivity index (χ0) is 27.2. The van der Waals surface area contributed by atoms with E-state index in [0.29, 0.717) is 4.57 Å². The van der Waals surface area contributed by atoms with Crippen LogP contribution in [-0.2, 0) is 34.3 Å². The number of aromatic nitrogens is 4. The summed E-state index contributed by atoms with van der Waals surface area (Å²) in [5.41, 5.74) is -3.45. The molecule has 0 bridgehead atoms. The highest BCUT2D eigenvalue weighted by Gasteiger charge is 2.36. The zero-order valence-electron chi connectivity index (χ0n) is 20.5. The molecular formula is C22H26F3N5O5S. The van der Waals surface area contributed by atoms with Gasteiger partial charge >= 0.3 is 12.3 Å². The Morgan fingerprint density at radius 3 is 2.33 bits per heavy atom. The lowest BCUT2D eigenvalue weighted by Gasteiger charge is -2.20. The maximum absolute atomic E-state index is 13.6. The molecule has 14 heteroatoms. The van der Waals surface area contributed by atoms with Gasteiger partial charge in [0.1, 0.15) is 22.5 Å². The van der Waals surface area contributed by atoms with E-state index in [2.05, 4.69) is 15.3 Å². The molecule has 3 rings (SSSR count). The minimum absolute atomic E-state index is 0.0199. The molecule has 0 aromatic carbocycles. The van der Waals surface area contributed by atoms with Gasteiger partial charge in [-0.05, 0) is 39.8 Å². The van der Waals surface area contributed by atoms with E-state index in [1.165, 1.54) is 31.7 Å². The van der Waals surface area contributed by atoms with E-state index < -0.39 is 39.0 Å². The van der Waals surface area contributed by atoms with Gasteiger partial charge in [0.2, 0.25) is 0 Å². The molecule has 0 spiro atoms. The van der Waals surface area contributed by atoms with Gasteiger partial charge in [0.15, 0.2) is 15.7 Å². The van der Waals surface area contributed by atoms with Gasteiger partial charge in [-0.1, -0.05) is 6.92 Å². The summed E-state index contributed by atoms with van der Waals surface area (Å²) in [6.45, 7) is 7.54. The number of hydrogen-bond acceptors (Lipinski definition) is 7. The third kappa shape index (κ3) is 5.22. The maximum atomic E-state index is 13.6. The molecule has 0 saturated heterocycles. The van der Waals surface area contributed by atoms with Crippen LogP contribution in [0.15, 0.2) is 28.0 Å². The molecule has 0 aliphatic rings. The third-order valence-electron chi connectivity index (χ3n) is 5.17. The molecule has 1 N–H and O–H groups in total. The van der Waals surface area contributed by atoms with E-state index in [9.17, 15) is 31.2 Å². The highest BCUT2D eigenvalue weighted by atomic mass is 32.2. The van der Waals surface area contributed by atoms with Gasteiger partial charge in [-0.15, -0.1) is 0 Å². The second-order valence-corrected chi connectivity index (χ2v) is 11.2. The molecule has 0 atom stereocenters. The van der Waals surface area contributed by atoms with Crippen molar-refractivity contribution in [1.82, 2.24) is 19.1 Å². The molecule has 0 saturated carbocycles. The molecule has 196 valence electrons. The Morgan fingerprint density at radius 1 is 1.17 bits per heavy atom. The summed E-state index contributed by atoms with van der Waals surface area (Å²) in [6.07, 6.45) is -4.47. The highest BCUT2D eigenvalue weighted by molar-refractivity contribution is 7.91. The number of sulfone groups is 1. The molecular weight excluding hydrogens is 503 g/mol. The molecule has 1 amide bonds. The van der Waals surface area contributed by atoms with Crippen LogP contribution in [0.1, 0.15) is 40.3 Å². The van der Waals surface area contributed by atoms with Crippen LogP contribution in [0, 0.1) is 0 Å². The lowest BCUT2D eigenvalue weighted by molar-refractivity contribution is -0.144. The number of anilines is 1. The van der Waals surface area contributed by atoms with Crippen molar-refractivity contribution in [3.8, 4) is 11.5 Å². The summed E-state index contributed by atoms with van der Waals surface area (Å²) in [5, 5.41) is 2.41. The van der Waals surface area contributed by atoms with Crippen molar-refractivity contribution in [3.05, 3.63) is 34.4 Å². The average molecular weight is 530 g/mol. The fourth-order valence-electron chi connectivity index (χ4n) is 3.57. The fraction of sp³-hybridized carbons (Fsp3) is 0.455. The number of aryl methyl sites for hydroxylation is 1. The van der Waals surface area contributed by atoms with Crippen molar-refractivity contribution in [2.45, 2.75) is 57.8 Å². The number of hydrogen-bond donors (Lipinski definition) is 1. The number of pyridine rings is 2. The van der Waals surface area contributed by atoms with Crippen molar-refractivity contribution in [2.24, 2.45) is 7.05 Å². The van der Waals surface area contributed by atoms with Crippen LogP contribution >= 0.6 is 0 Å². The Bertz CT molecular complexity index is 1500. The minimum atomic E-state index is -4.80. The van der Waals surface area contributed by atoms with E-state index >= 15 is 0 Å². The Hall–Kier alpha value is -3.42. The Morgan fingerprint density at radius 2 is 1.81 bits per heavy atom. The highest BCUT2D eigenvalue weighted by Crippen LogP contribution is 2.33. The first-order valence-corrected chi connectivity index (χ1v) is 12.6. The van der Waals surface area contributed by atoms with Gasteiger partial charge in [-0.2, -0.15) is 13.2 Å². The van der Waals surface area contributed by atoms with E-state index in [4.69, 9.17) is 4.74 Å². The summed E-state index contributed by atoms with van der Waals surface area (Å²) < 4.78 is 73.5. The number of imidazole rings is 1. The van der Waals surface area contributed by atoms with Crippen molar-refractivity contribution < 1.29 is 31.1 Å². The van der Waals surface area contributed by atoms with Crippen LogP contribution in [0.4, 0.5) is 23.7 Å². The SMILES string of the molecule is CCn1c(C(F)(F)F)cc2nc(-c3ncc(NC(=O)OC(C)(C)C)cc3S(=O)(=O)CC)n(C)c2c1=O. The molecule has 3 aromatic heterocycles. The van der Waals surface area contributed by atoms with Gasteiger partial charge < -0.3 is 13.9 Å².